The molecule has 0 bridgehead atoms. The quantitative estimate of drug-likeness (QED) is 0.640. The second-order valence-corrected chi connectivity index (χ2v) is 8.21. The van der Waals surface area contributed by atoms with Crippen LogP contribution >= 0.6 is 0 Å². The molecule has 22 heavy (non-hydrogen) atoms. The Balaban J connectivity index is 1.84. The van der Waals surface area contributed by atoms with E-state index in [1.165, 1.54) is 77.2 Å². The van der Waals surface area contributed by atoms with Crippen LogP contribution in [0.2, 0.25) is 0 Å². The first-order valence-electron chi connectivity index (χ1n) is 9.77. The highest BCUT2D eigenvalue weighted by atomic mass is 15.0. The minimum atomic E-state index is 0.441. The summed E-state index contributed by atoms with van der Waals surface area (Å²) in [5.74, 6) is 1.85. The fraction of sp³-hybridized carbons (Fsp3) is 0.810. The summed E-state index contributed by atoms with van der Waals surface area (Å²) in [6, 6.07) is 0. The first kappa shape index (κ1) is 16.3. The van der Waals surface area contributed by atoms with Crippen molar-refractivity contribution in [3.05, 3.63) is 23.8 Å². The second-order valence-electron chi connectivity index (χ2n) is 8.21. The molecule has 0 unspecified atom stereocenters. The van der Waals surface area contributed by atoms with E-state index in [9.17, 15) is 0 Å². The Bertz CT molecular complexity index is 388. The minimum absolute atomic E-state index is 0.441. The number of allylic oxidation sites excluding steroid dienone is 3. The van der Waals surface area contributed by atoms with E-state index >= 15 is 0 Å². The molecule has 0 aromatic heterocycles. The van der Waals surface area contributed by atoms with Crippen LogP contribution in [0.4, 0.5) is 0 Å². The molecule has 124 valence electrons. The van der Waals surface area contributed by atoms with Gasteiger partial charge in [0.25, 0.3) is 0 Å². The summed E-state index contributed by atoms with van der Waals surface area (Å²) in [6.45, 7) is 1.20. The Kier molecular flexibility index (Phi) is 5.44. The van der Waals surface area contributed by atoms with Crippen LogP contribution in [0.25, 0.3) is 0 Å². The molecular formula is C21H35N. The van der Waals surface area contributed by atoms with E-state index in [0.29, 0.717) is 5.41 Å². The van der Waals surface area contributed by atoms with Gasteiger partial charge in [0.15, 0.2) is 0 Å². The van der Waals surface area contributed by atoms with E-state index in [1.807, 2.05) is 0 Å². The molecule has 3 rings (SSSR count). The topological polar surface area (TPSA) is 3.24 Å². The standard InChI is InChI=1S/C21H35N/c1-22(2)17-15-20-14-9-16-21(20,18-10-5-3-6-11-18)19-12-7-4-8-13-19/h9,14,16,18-19H,3-8,10-13,15,17H2,1-2H3. The van der Waals surface area contributed by atoms with Gasteiger partial charge in [-0.1, -0.05) is 62.3 Å². The predicted molar refractivity (Wildman–Crippen MR) is 96.0 cm³/mol. The molecule has 0 N–H and O–H groups in total. The largest absolute Gasteiger partial charge is 0.309 e. The van der Waals surface area contributed by atoms with Crippen molar-refractivity contribution in [2.45, 2.75) is 70.6 Å². The molecule has 0 heterocycles. The van der Waals surface area contributed by atoms with Crippen LogP contribution in [0.3, 0.4) is 0 Å². The summed E-state index contributed by atoms with van der Waals surface area (Å²) < 4.78 is 0. The minimum Gasteiger partial charge on any atom is -0.309 e. The molecule has 0 aliphatic heterocycles. The van der Waals surface area contributed by atoms with Gasteiger partial charge in [-0.3, -0.25) is 0 Å². The Morgan fingerprint density at radius 2 is 1.45 bits per heavy atom. The molecule has 3 aliphatic carbocycles. The van der Waals surface area contributed by atoms with Crippen molar-refractivity contribution in [1.82, 2.24) is 4.90 Å². The lowest BCUT2D eigenvalue weighted by Gasteiger charge is -2.48. The Labute approximate surface area is 137 Å². The molecule has 0 spiro atoms. The van der Waals surface area contributed by atoms with Gasteiger partial charge in [0.1, 0.15) is 0 Å². The molecule has 0 amide bonds. The summed E-state index contributed by atoms with van der Waals surface area (Å²) in [4.78, 5) is 2.35. The Morgan fingerprint density at radius 1 is 0.909 bits per heavy atom. The lowest BCUT2D eigenvalue weighted by atomic mass is 9.56. The number of rotatable bonds is 5. The van der Waals surface area contributed by atoms with E-state index in [0.717, 1.165) is 11.8 Å². The molecule has 3 aliphatic rings. The van der Waals surface area contributed by atoms with Crippen molar-refractivity contribution in [1.29, 1.82) is 0 Å². The van der Waals surface area contributed by atoms with Crippen molar-refractivity contribution in [2.75, 3.05) is 20.6 Å². The van der Waals surface area contributed by atoms with Crippen LogP contribution in [0.1, 0.15) is 70.6 Å². The van der Waals surface area contributed by atoms with Crippen molar-refractivity contribution in [3.8, 4) is 0 Å². The Hall–Kier alpha value is -0.560. The van der Waals surface area contributed by atoms with Gasteiger partial charge in [-0.2, -0.15) is 0 Å². The monoisotopic (exact) mass is 301 g/mol. The SMILES string of the molecule is CN(C)CCC1=CC=CC1(C1CCCCC1)C1CCCCC1. The van der Waals surface area contributed by atoms with E-state index in [1.54, 1.807) is 5.57 Å². The van der Waals surface area contributed by atoms with E-state index in [4.69, 9.17) is 0 Å². The zero-order valence-electron chi connectivity index (χ0n) is 14.8. The molecule has 0 aromatic carbocycles. The smallest absolute Gasteiger partial charge is 0.0154 e. The Morgan fingerprint density at radius 3 is 1.95 bits per heavy atom. The fourth-order valence-corrected chi connectivity index (χ4v) is 5.51. The molecule has 2 saturated carbocycles. The molecule has 2 fully saturated rings. The van der Waals surface area contributed by atoms with Crippen molar-refractivity contribution >= 4 is 0 Å². The highest BCUT2D eigenvalue weighted by Gasteiger charge is 2.47. The summed E-state index contributed by atoms with van der Waals surface area (Å²) in [6.07, 6.45) is 23.5. The van der Waals surface area contributed by atoms with Crippen LogP contribution in [0.15, 0.2) is 23.8 Å². The van der Waals surface area contributed by atoms with Gasteiger partial charge < -0.3 is 4.90 Å². The maximum absolute atomic E-state index is 2.66. The second kappa shape index (κ2) is 7.34. The van der Waals surface area contributed by atoms with Gasteiger partial charge in [0.2, 0.25) is 0 Å². The highest BCUT2D eigenvalue weighted by molar-refractivity contribution is 5.37. The van der Waals surface area contributed by atoms with Crippen LogP contribution in [-0.4, -0.2) is 25.5 Å². The normalized spacial score (nSPS) is 26.6. The zero-order valence-corrected chi connectivity index (χ0v) is 14.8. The van der Waals surface area contributed by atoms with Gasteiger partial charge in [-0.05, 0) is 58.0 Å². The van der Waals surface area contributed by atoms with Gasteiger partial charge in [0, 0.05) is 12.0 Å². The molecule has 0 saturated heterocycles. The van der Waals surface area contributed by atoms with Crippen LogP contribution in [0.5, 0.6) is 0 Å². The van der Waals surface area contributed by atoms with E-state index in [-0.39, 0.29) is 0 Å². The first-order chi connectivity index (χ1) is 10.7. The van der Waals surface area contributed by atoms with Crippen molar-refractivity contribution < 1.29 is 0 Å². The van der Waals surface area contributed by atoms with Gasteiger partial charge >= 0.3 is 0 Å². The fourth-order valence-electron chi connectivity index (χ4n) is 5.51. The highest BCUT2D eigenvalue weighted by Crippen LogP contribution is 2.56. The molecule has 0 aromatic rings. The summed E-state index contributed by atoms with van der Waals surface area (Å²) in [5.41, 5.74) is 2.22. The van der Waals surface area contributed by atoms with Crippen LogP contribution in [-0.2, 0) is 0 Å². The first-order valence-corrected chi connectivity index (χ1v) is 9.77. The zero-order chi connectivity index (χ0) is 15.4. The van der Waals surface area contributed by atoms with Crippen LogP contribution in [0, 0.1) is 17.3 Å². The number of hydrogen-bond acceptors (Lipinski definition) is 1. The van der Waals surface area contributed by atoms with Crippen molar-refractivity contribution in [3.63, 3.8) is 0 Å². The lowest BCUT2D eigenvalue weighted by molar-refractivity contribution is 0.101. The van der Waals surface area contributed by atoms with E-state index in [2.05, 4.69) is 37.2 Å². The molecule has 0 radical (unpaired) electrons. The summed E-state index contributed by atoms with van der Waals surface area (Å²) >= 11 is 0. The average molecular weight is 302 g/mol. The third-order valence-corrected chi connectivity index (χ3v) is 6.62. The van der Waals surface area contributed by atoms with Crippen molar-refractivity contribution in [2.24, 2.45) is 17.3 Å². The molecular weight excluding hydrogens is 266 g/mol. The third kappa shape index (κ3) is 3.20. The van der Waals surface area contributed by atoms with Crippen LogP contribution < -0.4 is 0 Å². The molecule has 0 atom stereocenters. The summed E-state index contributed by atoms with van der Waals surface area (Å²) in [5, 5.41) is 0. The predicted octanol–water partition coefficient (Wildman–Crippen LogP) is 5.58. The van der Waals surface area contributed by atoms with E-state index < -0.39 is 0 Å². The number of hydrogen-bond donors (Lipinski definition) is 0. The maximum atomic E-state index is 2.66. The lowest BCUT2D eigenvalue weighted by Crippen LogP contribution is -2.40. The van der Waals surface area contributed by atoms with Gasteiger partial charge in [-0.15, -0.1) is 0 Å². The van der Waals surface area contributed by atoms with Gasteiger partial charge in [0.05, 0.1) is 0 Å². The molecule has 1 heteroatoms. The summed E-state index contributed by atoms with van der Waals surface area (Å²) in [7, 11) is 4.43. The average Bonchev–Trinajstić information content (AvgIpc) is 2.99. The maximum Gasteiger partial charge on any atom is 0.0154 e. The molecule has 1 nitrogen and oxygen atoms in total. The van der Waals surface area contributed by atoms with Gasteiger partial charge in [-0.25, -0.2) is 0 Å². The number of nitrogens with zero attached hydrogens (tertiary/aromatic N) is 1. The third-order valence-electron chi connectivity index (χ3n) is 6.62.